The Hall–Kier alpha value is -0.130. The van der Waals surface area contributed by atoms with Crippen LogP contribution in [-0.2, 0) is 9.59 Å². The lowest BCUT2D eigenvalue weighted by Gasteiger charge is -2.19. The molecule has 1 saturated heterocycles. The van der Waals surface area contributed by atoms with E-state index in [1.54, 1.807) is 27.5 Å². The molecule has 1 fully saturated rings. The molecule has 11 heavy (non-hydrogen) atoms. The Labute approximate surface area is 79.3 Å². The van der Waals surface area contributed by atoms with Gasteiger partial charge in [0, 0.05) is 36.1 Å². The van der Waals surface area contributed by atoms with E-state index in [1.165, 1.54) is 6.92 Å². The van der Waals surface area contributed by atoms with Crippen molar-refractivity contribution in [2.75, 3.05) is 6.54 Å². The molecule has 0 aromatic rings. The lowest BCUT2D eigenvalue weighted by atomic mass is 10.2. The van der Waals surface area contributed by atoms with E-state index in [9.17, 15) is 9.59 Å². The normalized spacial score (nSPS) is 23.8. The van der Waals surface area contributed by atoms with Crippen LogP contribution in [0.3, 0.4) is 0 Å². The predicted molar refractivity (Wildman–Crippen MR) is 49.4 cm³/mol. The highest BCUT2D eigenvalue weighted by Gasteiger charge is 2.30. The van der Waals surface area contributed by atoms with Crippen LogP contribution in [-0.4, -0.2) is 27.2 Å². The summed E-state index contributed by atoms with van der Waals surface area (Å²) >= 11 is 1.76. The van der Waals surface area contributed by atoms with Gasteiger partial charge >= 0.3 is 0 Å². The first kappa shape index (κ1) is 8.96. The molecule has 4 heteroatoms. The summed E-state index contributed by atoms with van der Waals surface area (Å²) in [6.07, 6.45) is 1.79. The fourth-order valence-corrected chi connectivity index (χ4v) is 2.03. The highest BCUT2D eigenvalue weighted by Crippen LogP contribution is 2.19. The van der Waals surface area contributed by atoms with Gasteiger partial charge in [-0.1, -0.05) is 0 Å². The lowest BCUT2D eigenvalue weighted by molar-refractivity contribution is -0.132. The van der Waals surface area contributed by atoms with Gasteiger partial charge in [-0.05, 0) is 12.8 Å². The molecule has 1 rings (SSSR count). The van der Waals surface area contributed by atoms with Crippen molar-refractivity contribution >= 4 is 32.3 Å². The maximum absolute atomic E-state index is 11.0. The fourth-order valence-electron chi connectivity index (χ4n) is 1.38. The summed E-state index contributed by atoms with van der Waals surface area (Å²) in [6.45, 7) is 2.26. The maximum Gasteiger partial charge on any atom is 0.220 e. The third-order valence-corrected chi connectivity index (χ3v) is 2.64. The highest BCUT2D eigenvalue weighted by molar-refractivity contribution is 14.1. The zero-order valence-electron chi connectivity index (χ0n) is 6.34. The largest absolute Gasteiger partial charge is 0.332 e. The Morgan fingerprint density at radius 1 is 1.55 bits per heavy atom. The molecule has 1 atom stereocenters. The summed E-state index contributed by atoms with van der Waals surface area (Å²) in [4.78, 5) is 23.5. The molecule has 3 nitrogen and oxygen atoms in total. The highest BCUT2D eigenvalue weighted by atomic mass is 127. The molecule has 1 amide bonds. The van der Waals surface area contributed by atoms with Crippen molar-refractivity contribution in [2.24, 2.45) is 0 Å². The average molecular weight is 267 g/mol. The van der Waals surface area contributed by atoms with Crippen molar-refractivity contribution in [2.45, 2.75) is 25.8 Å². The number of hydrogen-bond donors (Lipinski definition) is 0. The summed E-state index contributed by atoms with van der Waals surface area (Å²) < 4.78 is 0.0790. The van der Waals surface area contributed by atoms with Gasteiger partial charge in [0.2, 0.25) is 9.70 Å². The van der Waals surface area contributed by atoms with Gasteiger partial charge < -0.3 is 4.90 Å². The zero-order valence-corrected chi connectivity index (χ0v) is 8.50. The van der Waals surface area contributed by atoms with Crippen LogP contribution < -0.4 is 0 Å². The quantitative estimate of drug-likeness (QED) is 0.524. The fraction of sp³-hybridized carbons (Fsp3) is 0.714. The molecule has 0 unspecified atom stereocenters. The Morgan fingerprint density at radius 3 is 2.55 bits per heavy atom. The first-order valence-electron chi connectivity index (χ1n) is 3.59. The van der Waals surface area contributed by atoms with E-state index in [1.807, 2.05) is 0 Å². The molecule has 0 radical (unpaired) electrons. The van der Waals surface area contributed by atoms with Crippen molar-refractivity contribution in [3.63, 3.8) is 0 Å². The van der Waals surface area contributed by atoms with Gasteiger partial charge in [0.1, 0.15) is 6.04 Å². The number of hydrogen-bond acceptors (Lipinski definition) is 2. The van der Waals surface area contributed by atoms with Gasteiger partial charge in [0.25, 0.3) is 0 Å². The number of carbonyl (C=O) groups is 2. The van der Waals surface area contributed by atoms with Crippen LogP contribution in [0.1, 0.15) is 19.8 Å². The number of amides is 1. The minimum atomic E-state index is -0.145. The smallest absolute Gasteiger partial charge is 0.220 e. The Morgan fingerprint density at radius 2 is 2.18 bits per heavy atom. The van der Waals surface area contributed by atoms with Crippen LogP contribution in [0, 0.1) is 0 Å². The SMILES string of the molecule is CC(=O)N1CCC[C@H]1C(=O)I. The molecule has 1 heterocycles. The summed E-state index contributed by atoms with van der Waals surface area (Å²) in [5.74, 6) is 0.0116. The van der Waals surface area contributed by atoms with Crippen LogP contribution in [0.25, 0.3) is 0 Å². The van der Waals surface area contributed by atoms with E-state index < -0.39 is 0 Å². The molecule has 0 bridgehead atoms. The summed E-state index contributed by atoms with van der Waals surface area (Å²) in [5.41, 5.74) is 0. The molecule has 0 aliphatic carbocycles. The number of halogens is 1. The standard InChI is InChI=1S/C7H10INO2/c1-5(10)9-4-2-3-6(9)7(8)11/h6H,2-4H2,1H3/t6-/m0/s1. The Kier molecular flexibility index (Phi) is 2.86. The van der Waals surface area contributed by atoms with Crippen molar-refractivity contribution in [3.05, 3.63) is 0 Å². The Balaban J connectivity index is 2.65. The van der Waals surface area contributed by atoms with Crippen LogP contribution in [0.5, 0.6) is 0 Å². The summed E-state index contributed by atoms with van der Waals surface area (Å²) in [5, 5.41) is 0. The summed E-state index contributed by atoms with van der Waals surface area (Å²) in [6, 6.07) is -0.145. The predicted octanol–water partition coefficient (Wildman–Crippen LogP) is 0.959. The van der Waals surface area contributed by atoms with Gasteiger partial charge in [-0.3, -0.25) is 9.59 Å². The molecule has 0 spiro atoms. The second kappa shape index (κ2) is 3.51. The molecule has 1 aliphatic rings. The second-order valence-electron chi connectivity index (χ2n) is 2.67. The lowest BCUT2D eigenvalue weighted by Crippen LogP contribution is -2.36. The van der Waals surface area contributed by atoms with Crippen molar-refractivity contribution in [1.29, 1.82) is 0 Å². The number of rotatable bonds is 1. The van der Waals surface area contributed by atoms with Gasteiger partial charge in [0.05, 0.1) is 0 Å². The van der Waals surface area contributed by atoms with Crippen LogP contribution >= 0.6 is 22.6 Å². The van der Waals surface area contributed by atoms with E-state index in [2.05, 4.69) is 0 Å². The number of nitrogens with zero attached hydrogens (tertiary/aromatic N) is 1. The van der Waals surface area contributed by atoms with Crippen molar-refractivity contribution < 1.29 is 9.59 Å². The third kappa shape index (κ3) is 1.91. The number of carbonyl (C=O) groups excluding carboxylic acids is 2. The van der Waals surface area contributed by atoms with Crippen molar-refractivity contribution in [3.8, 4) is 0 Å². The van der Waals surface area contributed by atoms with Crippen LogP contribution in [0.15, 0.2) is 0 Å². The third-order valence-electron chi connectivity index (χ3n) is 1.92. The molecular weight excluding hydrogens is 257 g/mol. The topological polar surface area (TPSA) is 37.4 Å². The zero-order chi connectivity index (χ0) is 8.43. The van der Waals surface area contributed by atoms with Gasteiger partial charge in [-0.25, -0.2) is 0 Å². The summed E-state index contributed by atoms with van der Waals surface area (Å²) in [7, 11) is 0. The molecule has 0 N–H and O–H groups in total. The second-order valence-corrected chi connectivity index (χ2v) is 3.74. The van der Waals surface area contributed by atoms with Crippen LogP contribution in [0.2, 0.25) is 0 Å². The van der Waals surface area contributed by atoms with Gasteiger partial charge in [-0.2, -0.15) is 0 Å². The van der Waals surface area contributed by atoms with E-state index in [0.29, 0.717) is 0 Å². The molecule has 62 valence electrons. The van der Waals surface area contributed by atoms with E-state index in [0.717, 1.165) is 19.4 Å². The molecule has 0 aromatic carbocycles. The van der Waals surface area contributed by atoms with E-state index in [-0.39, 0.29) is 15.7 Å². The van der Waals surface area contributed by atoms with Crippen LogP contribution in [0.4, 0.5) is 0 Å². The van der Waals surface area contributed by atoms with E-state index >= 15 is 0 Å². The first-order chi connectivity index (χ1) is 5.13. The van der Waals surface area contributed by atoms with E-state index in [4.69, 9.17) is 0 Å². The van der Waals surface area contributed by atoms with Gasteiger partial charge in [-0.15, -0.1) is 0 Å². The van der Waals surface area contributed by atoms with Crippen molar-refractivity contribution in [1.82, 2.24) is 4.90 Å². The minimum absolute atomic E-state index is 0.0116. The maximum atomic E-state index is 11.0. The average Bonchev–Trinajstić information content (AvgIpc) is 2.32. The Bertz CT molecular complexity index is 173. The van der Waals surface area contributed by atoms with Gasteiger partial charge in [0.15, 0.2) is 0 Å². The number of likely N-dealkylation sites (tertiary alicyclic amines) is 1. The monoisotopic (exact) mass is 267 g/mol. The first-order valence-corrected chi connectivity index (χ1v) is 4.67. The molecular formula is C7H10INO2. The molecule has 0 saturated carbocycles. The minimum Gasteiger partial charge on any atom is -0.332 e. The molecule has 1 aliphatic heterocycles. The molecule has 0 aromatic heterocycles.